The van der Waals surface area contributed by atoms with E-state index in [4.69, 9.17) is 4.74 Å². The Balaban J connectivity index is 1.33. The van der Waals surface area contributed by atoms with E-state index in [2.05, 4.69) is 61.3 Å². The number of ether oxygens (including phenoxy) is 1. The SMILES string of the molecule is CCCN(CCCOc1nc(-c2ccncn2)cc(=O)n1C)c1ccc(CN2CCNCC2)cc1. The number of nitrogens with one attached hydrogen (secondary N) is 1. The van der Waals surface area contributed by atoms with Crippen LogP contribution in [0.3, 0.4) is 0 Å². The summed E-state index contributed by atoms with van der Waals surface area (Å²) in [5.41, 5.74) is 3.48. The number of hydrogen-bond acceptors (Lipinski definition) is 8. The summed E-state index contributed by atoms with van der Waals surface area (Å²) in [5, 5.41) is 3.40. The van der Waals surface area contributed by atoms with Crippen LogP contribution in [0.15, 0.2) is 53.7 Å². The molecule has 186 valence electrons. The summed E-state index contributed by atoms with van der Waals surface area (Å²) >= 11 is 0. The zero-order chi connectivity index (χ0) is 24.5. The van der Waals surface area contributed by atoms with Gasteiger partial charge in [0.1, 0.15) is 6.33 Å². The second kappa shape index (κ2) is 12.4. The van der Waals surface area contributed by atoms with E-state index >= 15 is 0 Å². The first kappa shape index (κ1) is 24.8. The highest BCUT2D eigenvalue weighted by Gasteiger charge is 2.12. The number of benzene rings is 1. The minimum Gasteiger partial charge on any atom is -0.465 e. The predicted octanol–water partition coefficient (Wildman–Crippen LogP) is 2.33. The number of rotatable bonds is 11. The molecule has 4 rings (SSSR count). The van der Waals surface area contributed by atoms with Crippen molar-refractivity contribution in [2.45, 2.75) is 26.3 Å². The summed E-state index contributed by atoms with van der Waals surface area (Å²) in [5.74, 6) is 0. The highest BCUT2D eigenvalue weighted by molar-refractivity contribution is 5.52. The predicted molar refractivity (Wildman–Crippen MR) is 138 cm³/mol. The van der Waals surface area contributed by atoms with Crippen LogP contribution < -0.4 is 20.5 Å². The minimum atomic E-state index is -0.183. The Labute approximate surface area is 206 Å². The standard InChI is InChI=1S/C26H35N7O2/c1-3-13-33(22-7-5-21(6-8-22)19-32-15-11-27-12-16-32)14-4-17-35-26-30-24(18-25(34)31(26)2)23-9-10-28-20-29-23/h5-10,18,20,27H,3-4,11-17,19H2,1-2H3. The van der Waals surface area contributed by atoms with Gasteiger partial charge in [-0.25, -0.2) is 9.97 Å². The molecule has 0 bridgehead atoms. The summed E-state index contributed by atoms with van der Waals surface area (Å²) in [7, 11) is 1.67. The minimum absolute atomic E-state index is 0.183. The third-order valence-corrected chi connectivity index (χ3v) is 6.15. The van der Waals surface area contributed by atoms with Crippen molar-refractivity contribution < 1.29 is 4.74 Å². The molecule has 3 aromatic rings. The van der Waals surface area contributed by atoms with E-state index in [1.165, 1.54) is 28.2 Å². The first-order valence-corrected chi connectivity index (χ1v) is 12.4. The lowest BCUT2D eigenvalue weighted by Crippen LogP contribution is -2.42. The lowest BCUT2D eigenvalue weighted by atomic mass is 10.1. The first-order chi connectivity index (χ1) is 17.1. The molecule has 35 heavy (non-hydrogen) atoms. The number of aromatic nitrogens is 4. The van der Waals surface area contributed by atoms with Crippen molar-refractivity contribution in [1.29, 1.82) is 0 Å². The number of anilines is 1. The molecule has 9 nitrogen and oxygen atoms in total. The van der Waals surface area contributed by atoms with Crippen LogP contribution in [0.1, 0.15) is 25.3 Å². The molecule has 1 aliphatic heterocycles. The van der Waals surface area contributed by atoms with Gasteiger partial charge in [-0.05, 0) is 36.6 Å². The average Bonchev–Trinajstić information content (AvgIpc) is 2.90. The molecule has 9 heteroatoms. The Kier molecular flexibility index (Phi) is 8.80. The van der Waals surface area contributed by atoms with Crippen LogP contribution in [-0.2, 0) is 13.6 Å². The fourth-order valence-corrected chi connectivity index (χ4v) is 4.22. The summed E-state index contributed by atoms with van der Waals surface area (Å²) in [6.45, 7) is 9.86. The summed E-state index contributed by atoms with van der Waals surface area (Å²) in [6.07, 6.45) is 4.95. The molecule has 0 spiro atoms. The smallest absolute Gasteiger partial charge is 0.299 e. The second-order valence-corrected chi connectivity index (χ2v) is 8.80. The molecule has 0 atom stereocenters. The monoisotopic (exact) mass is 477 g/mol. The number of hydrogen-bond donors (Lipinski definition) is 1. The Morgan fingerprint density at radius 2 is 1.89 bits per heavy atom. The van der Waals surface area contributed by atoms with Gasteiger partial charge in [0.15, 0.2) is 0 Å². The van der Waals surface area contributed by atoms with Crippen molar-refractivity contribution in [3.8, 4) is 17.4 Å². The third kappa shape index (κ3) is 6.86. The molecule has 0 aliphatic carbocycles. The first-order valence-electron chi connectivity index (χ1n) is 12.4. The normalized spacial score (nSPS) is 14.1. The highest BCUT2D eigenvalue weighted by atomic mass is 16.5. The van der Waals surface area contributed by atoms with Crippen LogP contribution in [-0.4, -0.2) is 70.3 Å². The molecule has 0 unspecified atom stereocenters. The Bertz CT molecular complexity index is 1110. The molecule has 1 saturated heterocycles. The molecule has 3 heterocycles. The topological polar surface area (TPSA) is 88.4 Å². The molecule has 0 amide bonds. The summed E-state index contributed by atoms with van der Waals surface area (Å²) in [6, 6.07) is 12.4. The largest absolute Gasteiger partial charge is 0.465 e. The van der Waals surface area contributed by atoms with Gasteiger partial charge < -0.3 is 15.0 Å². The van der Waals surface area contributed by atoms with Gasteiger partial charge in [0.25, 0.3) is 11.6 Å². The number of piperazine rings is 1. The maximum atomic E-state index is 12.4. The van der Waals surface area contributed by atoms with E-state index in [0.29, 0.717) is 24.0 Å². The fraction of sp³-hybridized carbons (Fsp3) is 0.462. The van der Waals surface area contributed by atoms with Gasteiger partial charge >= 0.3 is 0 Å². The van der Waals surface area contributed by atoms with Gasteiger partial charge in [-0.15, -0.1) is 0 Å². The van der Waals surface area contributed by atoms with Crippen LogP contribution >= 0.6 is 0 Å². The zero-order valence-electron chi connectivity index (χ0n) is 20.7. The van der Waals surface area contributed by atoms with E-state index in [1.807, 2.05) is 0 Å². The quantitative estimate of drug-likeness (QED) is 0.421. The summed E-state index contributed by atoms with van der Waals surface area (Å²) in [4.78, 5) is 29.9. The van der Waals surface area contributed by atoms with Crippen LogP contribution in [0.25, 0.3) is 11.4 Å². The van der Waals surface area contributed by atoms with Crippen molar-refractivity contribution in [1.82, 2.24) is 29.7 Å². The maximum Gasteiger partial charge on any atom is 0.299 e. The third-order valence-electron chi connectivity index (χ3n) is 6.15. The van der Waals surface area contributed by atoms with Gasteiger partial charge in [-0.3, -0.25) is 14.3 Å². The van der Waals surface area contributed by atoms with Crippen LogP contribution in [0.5, 0.6) is 6.01 Å². The van der Waals surface area contributed by atoms with Crippen molar-refractivity contribution in [2.75, 3.05) is 50.8 Å². The van der Waals surface area contributed by atoms with E-state index in [1.54, 1.807) is 19.3 Å². The molecule has 0 radical (unpaired) electrons. The highest BCUT2D eigenvalue weighted by Crippen LogP contribution is 2.18. The number of nitrogens with zero attached hydrogens (tertiary/aromatic N) is 6. The van der Waals surface area contributed by atoms with Gasteiger partial charge in [0.05, 0.1) is 18.0 Å². The zero-order valence-corrected chi connectivity index (χ0v) is 20.7. The van der Waals surface area contributed by atoms with Crippen molar-refractivity contribution in [2.24, 2.45) is 7.05 Å². The Hall–Kier alpha value is -3.30. The molecule has 1 N–H and O–H groups in total. The molecule has 0 saturated carbocycles. The second-order valence-electron chi connectivity index (χ2n) is 8.80. The van der Waals surface area contributed by atoms with E-state index in [-0.39, 0.29) is 5.56 Å². The Morgan fingerprint density at radius 3 is 2.60 bits per heavy atom. The van der Waals surface area contributed by atoms with Crippen LogP contribution in [0, 0.1) is 0 Å². The van der Waals surface area contributed by atoms with Crippen molar-refractivity contribution >= 4 is 5.69 Å². The lowest BCUT2D eigenvalue weighted by molar-refractivity contribution is 0.233. The fourth-order valence-electron chi connectivity index (χ4n) is 4.22. The van der Waals surface area contributed by atoms with E-state index in [0.717, 1.165) is 58.7 Å². The molecular weight excluding hydrogens is 442 g/mol. The molecule has 2 aromatic heterocycles. The molecule has 1 aromatic carbocycles. The van der Waals surface area contributed by atoms with Gasteiger partial charge in [-0.2, -0.15) is 4.98 Å². The van der Waals surface area contributed by atoms with Crippen molar-refractivity contribution in [3.63, 3.8) is 0 Å². The summed E-state index contributed by atoms with van der Waals surface area (Å²) < 4.78 is 7.34. The molecule has 1 aliphatic rings. The van der Waals surface area contributed by atoms with Gasteiger partial charge in [0.2, 0.25) is 0 Å². The average molecular weight is 478 g/mol. The maximum absolute atomic E-state index is 12.4. The van der Waals surface area contributed by atoms with Gasteiger partial charge in [-0.1, -0.05) is 19.1 Å². The lowest BCUT2D eigenvalue weighted by Gasteiger charge is -2.28. The van der Waals surface area contributed by atoms with Crippen LogP contribution in [0.2, 0.25) is 0 Å². The van der Waals surface area contributed by atoms with Gasteiger partial charge in [0, 0.05) is 70.8 Å². The Morgan fingerprint density at radius 1 is 1.09 bits per heavy atom. The van der Waals surface area contributed by atoms with E-state index in [9.17, 15) is 4.79 Å². The van der Waals surface area contributed by atoms with E-state index < -0.39 is 0 Å². The molecule has 1 fully saturated rings. The van der Waals surface area contributed by atoms with Crippen molar-refractivity contribution in [3.05, 3.63) is 64.8 Å². The van der Waals surface area contributed by atoms with Crippen LogP contribution in [0.4, 0.5) is 5.69 Å². The molecular formula is C26H35N7O2.